The van der Waals surface area contributed by atoms with Gasteiger partial charge in [0.15, 0.2) is 0 Å². The predicted molar refractivity (Wildman–Crippen MR) is 104 cm³/mol. The van der Waals surface area contributed by atoms with E-state index in [0.29, 0.717) is 11.8 Å². The molecule has 0 N–H and O–H groups in total. The van der Waals surface area contributed by atoms with Crippen LogP contribution in [-0.2, 0) is 6.42 Å². The van der Waals surface area contributed by atoms with Crippen LogP contribution in [0.15, 0.2) is 33.5 Å². The number of nitrogens with zero attached hydrogens (tertiary/aromatic N) is 2. The molecular weight excluding hydrogens is 416 g/mol. The van der Waals surface area contributed by atoms with Crippen LogP contribution in [0.2, 0.25) is 0 Å². The molecule has 2 heterocycles. The zero-order chi connectivity index (χ0) is 17.0. The Balaban J connectivity index is 2.32. The molecule has 0 fully saturated rings. The summed E-state index contributed by atoms with van der Waals surface area (Å²) in [4.78, 5) is 9.26. The van der Waals surface area contributed by atoms with Crippen molar-refractivity contribution in [1.82, 2.24) is 9.97 Å². The van der Waals surface area contributed by atoms with Gasteiger partial charge in [0.25, 0.3) is 0 Å². The number of halogens is 2. The maximum atomic E-state index is 4.63. The molecule has 0 aliphatic heterocycles. The monoisotopic (exact) mass is 438 g/mol. The van der Waals surface area contributed by atoms with E-state index in [1.54, 1.807) is 0 Å². The fourth-order valence-corrected chi connectivity index (χ4v) is 3.54. The van der Waals surface area contributed by atoms with Gasteiger partial charge < -0.3 is 0 Å². The van der Waals surface area contributed by atoms with Gasteiger partial charge in [0.1, 0.15) is 9.21 Å². The number of hydrogen-bond acceptors (Lipinski definition) is 2. The third kappa shape index (κ3) is 5.12. The lowest BCUT2D eigenvalue weighted by atomic mass is 9.97. The normalized spacial score (nSPS) is 13.8. The molecule has 2 rings (SSSR count). The molecule has 0 bridgehead atoms. The van der Waals surface area contributed by atoms with Crippen LogP contribution in [0.25, 0.3) is 0 Å². The van der Waals surface area contributed by atoms with E-state index in [-0.39, 0.29) is 0 Å². The smallest absolute Gasteiger partial charge is 0.106 e. The van der Waals surface area contributed by atoms with E-state index in [4.69, 9.17) is 0 Å². The van der Waals surface area contributed by atoms with Gasteiger partial charge in [0, 0.05) is 17.8 Å². The highest BCUT2D eigenvalue weighted by Crippen LogP contribution is 2.25. The minimum atomic E-state index is 0.541. The second-order valence-electron chi connectivity index (χ2n) is 6.22. The SMILES string of the molecule is CCC(C)c1cc(Br)nc(Cc2cc(C(C)CC)cc(Br)n2)c1. The van der Waals surface area contributed by atoms with E-state index in [9.17, 15) is 0 Å². The van der Waals surface area contributed by atoms with Crippen molar-refractivity contribution >= 4 is 31.9 Å². The van der Waals surface area contributed by atoms with Crippen molar-refractivity contribution in [2.75, 3.05) is 0 Å². The van der Waals surface area contributed by atoms with Gasteiger partial charge in [-0.3, -0.25) is 0 Å². The molecule has 2 unspecified atom stereocenters. The minimum absolute atomic E-state index is 0.541. The zero-order valence-corrected chi connectivity index (χ0v) is 17.4. The Morgan fingerprint density at radius 1 is 0.783 bits per heavy atom. The summed E-state index contributed by atoms with van der Waals surface area (Å²) in [6, 6.07) is 8.67. The summed E-state index contributed by atoms with van der Waals surface area (Å²) >= 11 is 7.09. The molecule has 0 saturated heterocycles. The molecule has 0 spiro atoms. The first kappa shape index (κ1) is 18.6. The van der Waals surface area contributed by atoms with Crippen LogP contribution in [0, 0.1) is 0 Å². The largest absolute Gasteiger partial charge is 0.246 e. The van der Waals surface area contributed by atoms with Crippen molar-refractivity contribution in [2.45, 2.75) is 58.8 Å². The van der Waals surface area contributed by atoms with Gasteiger partial charge in [-0.15, -0.1) is 0 Å². The maximum Gasteiger partial charge on any atom is 0.106 e. The minimum Gasteiger partial charge on any atom is -0.246 e. The van der Waals surface area contributed by atoms with Gasteiger partial charge >= 0.3 is 0 Å². The van der Waals surface area contributed by atoms with Gasteiger partial charge in [0.2, 0.25) is 0 Å². The summed E-state index contributed by atoms with van der Waals surface area (Å²) in [6.07, 6.45) is 3.01. The Kier molecular flexibility index (Phi) is 6.78. The van der Waals surface area contributed by atoms with E-state index >= 15 is 0 Å². The average Bonchev–Trinajstić information content (AvgIpc) is 2.52. The lowest BCUT2D eigenvalue weighted by Gasteiger charge is -2.13. The first-order valence-electron chi connectivity index (χ1n) is 8.25. The van der Waals surface area contributed by atoms with Crippen molar-refractivity contribution in [3.8, 4) is 0 Å². The van der Waals surface area contributed by atoms with E-state index in [1.807, 2.05) is 0 Å². The van der Waals surface area contributed by atoms with Crippen LogP contribution >= 0.6 is 31.9 Å². The Labute approximate surface area is 156 Å². The number of hydrogen-bond donors (Lipinski definition) is 0. The van der Waals surface area contributed by atoms with Crippen molar-refractivity contribution in [3.05, 3.63) is 56.0 Å². The standard InChI is InChI=1S/C19H24Br2N2/c1-5-12(3)14-7-16(22-18(20)9-14)11-17-8-15(13(4)6-2)10-19(21)23-17/h7-10,12-13H,5-6,11H2,1-4H3. The third-order valence-corrected chi connectivity index (χ3v) is 5.28. The summed E-state index contributed by atoms with van der Waals surface area (Å²) in [5, 5.41) is 0. The summed E-state index contributed by atoms with van der Waals surface area (Å²) in [7, 11) is 0. The van der Waals surface area contributed by atoms with Crippen LogP contribution in [0.1, 0.15) is 74.9 Å². The molecule has 0 amide bonds. The average molecular weight is 440 g/mol. The molecule has 2 aromatic rings. The van der Waals surface area contributed by atoms with Crippen LogP contribution in [0.3, 0.4) is 0 Å². The van der Waals surface area contributed by atoms with Crippen molar-refractivity contribution in [3.63, 3.8) is 0 Å². The van der Waals surface area contributed by atoms with Crippen LogP contribution < -0.4 is 0 Å². The first-order valence-corrected chi connectivity index (χ1v) is 9.84. The Bertz CT molecular complexity index is 613. The molecule has 0 radical (unpaired) electrons. The highest BCUT2D eigenvalue weighted by Gasteiger charge is 2.11. The van der Waals surface area contributed by atoms with Gasteiger partial charge in [-0.2, -0.15) is 0 Å². The van der Waals surface area contributed by atoms with E-state index < -0.39 is 0 Å². The molecule has 0 saturated carbocycles. The molecule has 0 aliphatic rings. The van der Waals surface area contributed by atoms with Crippen molar-refractivity contribution in [1.29, 1.82) is 0 Å². The predicted octanol–water partition coefficient (Wildman–Crippen LogP) is 6.62. The second-order valence-corrected chi connectivity index (χ2v) is 7.85. The Hall–Kier alpha value is -0.740. The molecule has 2 nitrogen and oxygen atoms in total. The molecule has 2 atom stereocenters. The van der Waals surface area contributed by atoms with Gasteiger partial charge in [-0.05, 0) is 91.9 Å². The second kappa shape index (κ2) is 8.39. The quantitative estimate of drug-likeness (QED) is 0.472. The van der Waals surface area contributed by atoms with Crippen LogP contribution in [0.4, 0.5) is 0 Å². The Morgan fingerprint density at radius 3 is 1.52 bits per heavy atom. The highest BCUT2D eigenvalue weighted by atomic mass is 79.9. The van der Waals surface area contributed by atoms with Gasteiger partial charge in [-0.1, -0.05) is 27.7 Å². The lowest BCUT2D eigenvalue weighted by molar-refractivity contribution is 0.725. The summed E-state index contributed by atoms with van der Waals surface area (Å²) in [5.74, 6) is 1.08. The van der Waals surface area contributed by atoms with Crippen LogP contribution in [-0.4, -0.2) is 9.97 Å². The van der Waals surface area contributed by atoms with E-state index in [1.165, 1.54) is 11.1 Å². The number of aromatic nitrogens is 2. The summed E-state index contributed by atoms with van der Waals surface area (Å²) in [6.45, 7) is 8.94. The number of rotatable bonds is 6. The van der Waals surface area contributed by atoms with Gasteiger partial charge in [-0.25, -0.2) is 9.97 Å². The topological polar surface area (TPSA) is 25.8 Å². The molecule has 23 heavy (non-hydrogen) atoms. The lowest BCUT2D eigenvalue weighted by Crippen LogP contribution is -2.02. The molecule has 2 aromatic heterocycles. The van der Waals surface area contributed by atoms with Gasteiger partial charge in [0.05, 0.1) is 0 Å². The molecule has 0 aliphatic carbocycles. The molecule has 4 heteroatoms. The fraction of sp³-hybridized carbons (Fsp3) is 0.474. The van der Waals surface area contributed by atoms with Crippen molar-refractivity contribution < 1.29 is 0 Å². The summed E-state index contributed by atoms with van der Waals surface area (Å²) in [5.41, 5.74) is 4.80. The fourth-order valence-electron chi connectivity index (χ4n) is 2.55. The maximum absolute atomic E-state index is 4.63. The van der Waals surface area contributed by atoms with E-state index in [2.05, 4.69) is 93.8 Å². The molecule has 0 aromatic carbocycles. The summed E-state index contributed by atoms with van der Waals surface area (Å²) < 4.78 is 1.81. The van der Waals surface area contributed by atoms with Crippen molar-refractivity contribution in [2.24, 2.45) is 0 Å². The highest BCUT2D eigenvalue weighted by molar-refractivity contribution is 9.10. The zero-order valence-electron chi connectivity index (χ0n) is 14.2. The van der Waals surface area contributed by atoms with Crippen LogP contribution in [0.5, 0.6) is 0 Å². The molecular formula is C19H24Br2N2. The third-order valence-electron chi connectivity index (χ3n) is 4.46. The number of pyridine rings is 2. The first-order chi connectivity index (χ1) is 10.9. The Morgan fingerprint density at radius 2 is 1.17 bits per heavy atom. The molecule has 124 valence electrons. The van der Waals surface area contributed by atoms with E-state index in [0.717, 1.165) is 39.9 Å².